The zero-order valence-electron chi connectivity index (χ0n) is 9.42. The number of likely N-dealkylation sites (N-methyl/N-ethyl adjacent to an activating group) is 1. The minimum absolute atomic E-state index is 0.257. The van der Waals surface area contributed by atoms with Gasteiger partial charge in [0.2, 0.25) is 5.91 Å². The maximum atomic E-state index is 11.7. The van der Waals surface area contributed by atoms with Crippen LogP contribution in [0.5, 0.6) is 0 Å². The van der Waals surface area contributed by atoms with E-state index < -0.39 is 0 Å². The van der Waals surface area contributed by atoms with Gasteiger partial charge in [0, 0.05) is 32.6 Å². The van der Waals surface area contributed by atoms with Gasteiger partial charge >= 0.3 is 0 Å². The van der Waals surface area contributed by atoms with Gasteiger partial charge in [-0.15, -0.1) is 0 Å². The van der Waals surface area contributed by atoms with Crippen LogP contribution in [0, 0.1) is 0 Å². The zero-order valence-corrected chi connectivity index (χ0v) is 9.42. The largest absolute Gasteiger partial charge is 0.341 e. The number of carbonyl (C=O) groups excluding carboxylic acids is 1. The van der Waals surface area contributed by atoms with Gasteiger partial charge in [0.15, 0.2) is 0 Å². The van der Waals surface area contributed by atoms with Crippen molar-refractivity contribution >= 4 is 5.91 Å². The molecule has 0 spiro atoms. The Labute approximate surface area is 86.2 Å². The Morgan fingerprint density at radius 2 is 2.14 bits per heavy atom. The second-order valence-corrected chi connectivity index (χ2v) is 4.20. The van der Waals surface area contributed by atoms with Crippen LogP contribution in [-0.4, -0.2) is 62.5 Å². The van der Waals surface area contributed by atoms with E-state index >= 15 is 0 Å². The second-order valence-electron chi connectivity index (χ2n) is 4.20. The van der Waals surface area contributed by atoms with Gasteiger partial charge in [0.25, 0.3) is 0 Å². The summed E-state index contributed by atoms with van der Waals surface area (Å²) in [5, 5.41) is 3.27. The molecule has 0 aromatic carbocycles. The van der Waals surface area contributed by atoms with Crippen LogP contribution >= 0.6 is 0 Å². The summed E-state index contributed by atoms with van der Waals surface area (Å²) in [5.41, 5.74) is 0. The van der Waals surface area contributed by atoms with E-state index in [1.165, 1.54) is 0 Å². The lowest BCUT2D eigenvalue weighted by molar-refractivity contribution is -0.131. The maximum Gasteiger partial charge on any atom is 0.223 e. The minimum Gasteiger partial charge on any atom is -0.341 e. The molecule has 1 aliphatic rings. The second kappa shape index (κ2) is 5.32. The van der Waals surface area contributed by atoms with E-state index in [1.54, 1.807) is 0 Å². The molecule has 1 heterocycles. The summed E-state index contributed by atoms with van der Waals surface area (Å²) in [6.07, 6.45) is 1.71. The summed E-state index contributed by atoms with van der Waals surface area (Å²) in [4.78, 5) is 15.6. The molecule has 1 unspecified atom stereocenters. The van der Waals surface area contributed by atoms with Crippen LogP contribution in [0.1, 0.15) is 12.8 Å². The van der Waals surface area contributed by atoms with Gasteiger partial charge in [0.05, 0.1) is 0 Å². The fourth-order valence-electron chi connectivity index (χ4n) is 1.67. The van der Waals surface area contributed by atoms with Crippen LogP contribution in [0.15, 0.2) is 0 Å². The predicted octanol–water partition coefficient (Wildman–Crippen LogP) is -0.242. The molecule has 0 aliphatic carbocycles. The van der Waals surface area contributed by atoms with Gasteiger partial charge < -0.3 is 15.1 Å². The smallest absolute Gasteiger partial charge is 0.223 e. The number of rotatable bonds is 4. The number of carbonyl (C=O) groups is 1. The molecule has 0 bridgehead atoms. The van der Waals surface area contributed by atoms with Crippen molar-refractivity contribution in [1.29, 1.82) is 0 Å². The number of amides is 1. The molecule has 1 aliphatic heterocycles. The van der Waals surface area contributed by atoms with Crippen molar-refractivity contribution in [2.24, 2.45) is 0 Å². The highest BCUT2D eigenvalue weighted by atomic mass is 16.2. The van der Waals surface area contributed by atoms with Gasteiger partial charge in [0.1, 0.15) is 0 Å². The van der Waals surface area contributed by atoms with Gasteiger partial charge in [-0.3, -0.25) is 4.79 Å². The van der Waals surface area contributed by atoms with E-state index in [0.29, 0.717) is 12.5 Å². The summed E-state index contributed by atoms with van der Waals surface area (Å²) in [6, 6.07) is 0.407. The van der Waals surface area contributed by atoms with Gasteiger partial charge in [-0.25, -0.2) is 0 Å². The Balaban J connectivity index is 2.28. The van der Waals surface area contributed by atoms with E-state index in [4.69, 9.17) is 0 Å². The van der Waals surface area contributed by atoms with Gasteiger partial charge in [-0.1, -0.05) is 0 Å². The summed E-state index contributed by atoms with van der Waals surface area (Å²) in [5.74, 6) is 0.257. The third-order valence-corrected chi connectivity index (χ3v) is 2.75. The Hall–Kier alpha value is -0.610. The topological polar surface area (TPSA) is 35.6 Å². The van der Waals surface area contributed by atoms with E-state index in [0.717, 1.165) is 26.1 Å². The van der Waals surface area contributed by atoms with Crippen LogP contribution in [0.25, 0.3) is 0 Å². The SMILES string of the molecule is CN(C)CCC(=O)N(C)C1CCNC1. The third kappa shape index (κ3) is 3.27. The number of hydrogen-bond acceptors (Lipinski definition) is 3. The van der Waals surface area contributed by atoms with Crippen LogP contribution in [-0.2, 0) is 4.79 Å². The molecule has 0 aromatic heterocycles. The molecule has 1 fully saturated rings. The summed E-state index contributed by atoms with van der Waals surface area (Å²) in [6.45, 7) is 2.82. The third-order valence-electron chi connectivity index (χ3n) is 2.75. The van der Waals surface area contributed by atoms with Crippen molar-refractivity contribution in [2.75, 3.05) is 40.8 Å². The minimum atomic E-state index is 0.257. The Morgan fingerprint density at radius 1 is 1.43 bits per heavy atom. The lowest BCUT2D eigenvalue weighted by Gasteiger charge is -2.24. The molecule has 4 heteroatoms. The van der Waals surface area contributed by atoms with Crippen LogP contribution in [0.3, 0.4) is 0 Å². The first-order valence-corrected chi connectivity index (χ1v) is 5.22. The molecule has 0 saturated carbocycles. The highest BCUT2D eigenvalue weighted by molar-refractivity contribution is 5.76. The average molecular weight is 199 g/mol. The molecule has 82 valence electrons. The lowest BCUT2D eigenvalue weighted by atomic mass is 10.2. The summed E-state index contributed by atoms with van der Waals surface area (Å²) >= 11 is 0. The standard InChI is InChI=1S/C10H21N3O/c1-12(2)7-5-10(14)13(3)9-4-6-11-8-9/h9,11H,4-8H2,1-3H3. The maximum absolute atomic E-state index is 11.7. The Kier molecular flexibility index (Phi) is 4.35. The molecule has 4 nitrogen and oxygen atoms in total. The monoisotopic (exact) mass is 199 g/mol. The first kappa shape index (κ1) is 11.5. The number of nitrogens with zero attached hydrogens (tertiary/aromatic N) is 2. The van der Waals surface area contributed by atoms with Crippen LogP contribution < -0.4 is 5.32 Å². The van der Waals surface area contributed by atoms with Crippen molar-refractivity contribution in [3.8, 4) is 0 Å². The summed E-state index contributed by atoms with van der Waals surface area (Å²) < 4.78 is 0. The quantitative estimate of drug-likeness (QED) is 0.678. The first-order chi connectivity index (χ1) is 6.61. The Morgan fingerprint density at radius 3 is 2.64 bits per heavy atom. The lowest BCUT2D eigenvalue weighted by Crippen LogP contribution is -2.39. The van der Waals surface area contributed by atoms with Crippen LogP contribution in [0.4, 0.5) is 0 Å². The van der Waals surface area contributed by atoms with E-state index in [9.17, 15) is 4.79 Å². The molecule has 0 aromatic rings. The highest BCUT2D eigenvalue weighted by Gasteiger charge is 2.22. The molecule has 1 saturated heterocycles. The van der Waals surface area contributed by atoms with E-state index in [1.807, 2.05) is 30.9 Å². The zero-order chi connectivity index (χ0) is 10.6. The van der Waals surface area contributed by atoms with Crippen molar-refractivity contribution in [1.82, 2.24) is 15.1 Å². The average Bonchev–Trinajstić information content (AvgIpc) is 2.65. The van der Waals surface area contributed by atoms with Crippen molar-refractivity contribution in [3.05, 3.63) is 0 Å². The molecule has 1 amide bonds. The van der Waals surface area contributed by atoms with Crippen LogP contribution in [0.2, 0.25) is 0 Å². The summed E-state index contributed by atoms with van der Waals surface area (Å²) in [7, 11) is 5.89. The van der Waals surface area contributed by atoms with E-state index in [2.05, 4.69) is 5.32 Å². The van der Waals surface area contributed by atoms with Gasteiger partial charge in [-0.2, -0.15) is 0 Å². The molecular formula is C10H21N3O. The molecular weight excluding hydrogens is 178 g/mol. The van der Waals surface area contributed by atoms with Crippen molar-refractivity contribution in [2.45, 2.75) is 18.9 Å². The number of nitrogens with one attached hydrogen (secondary N) is 1. The normalized spacial score (nSPS) is 21.6. The highest BCUT2D eigenvalue weighted by Crippen LogP contribution is 2.07. The molecule has 1 rings (SSSR count). The van der Waals surface area contributed by atoms with Crippen molar-refractivity contribution in [3.63, 3.8) is 0 Å². The van der Waals surface area contributed by atoms with E-state index in [-0.39, 0.29) is 5.91 Å². The molecule has 1 N–H and O–H groups in total. The van der Waals surface area contributed by atoms with Crippen molar-refractivity contribution < 1.29 is 4.79 Å². The fourth-order valence-corrected chi connectivity index (χ4v) is 1.67. The molecule has 0 radical (unpaired) electrons. The molecule has 1 atom stereocenters. The predicted molar refractivity (Wildman–Crippen MR) is 57.2 cm³/mol. The van der Waals surface area contributed by atoms with Gasteiger partial charge in [-0.05, 0) is 27.1 Å². The number of hydrogen-bond donors (Lipinski definition) is 1. The first-order valence-electron chi connectivity index (χ1n) is 5.22. The fraction of sp³-hybridized carbons (Fsp3) is 0.900. The Bertz CT molecular complexity index is 188. The molecule has 14 heavy (non-hydrogen) atoms.